The molecule has 1 unspecified atom stereocenters. The third kappa shape index (κ3) is 4.76. The number of carbonyl (C=O) groups is 1. The molecule has 0 aliphatic carbocycles. The van der Waals surface area contributed by atoms with Gasteiger partial charge in [-0.3, -0.25) is 9.36 Å². The Morgan fingerprint density at radius 2 is 1.79 bits per heavy atom. The first-order valence-corrected chi connectivity index (χ1v) is 12.6. The van der Waals surface area contributed by atoms with Gasteiger partial charge in [0.25, 0.3) is 0 Å². The highest BCUT2D eigenvalue weighted by molar-refractivity contribution is 8.00. The molecule has 8 nitrogen and oxygen atoms in total. The summed E-state index contributed by atoms with van der Waals surface area (Å²) in [5.74, 6) is 2.43. The Labute approximate surface area is 203 Å². The van der Waals surface area contributed by atoms with E-state index < -0.39 is 0 Å². The normalized spacial score (nSPS) is 16.6. The van der Waals surface area contributed by atoms with Crippen LogP contribution in [-0.2, 0) is 11.3 Å². The predicted molar refractivity (Wildman–Crippen MR) is 131 cm³/mol. The SMILES string of the molecule is CCN1CCN(C(=O)C(C)Sc2nnc(-c3ccccc3)n2Cc2ccc3c(c2)OCO3)CC1. The van der Waals surface area contributed by atoms with E-state index in [0.717, 1.165) is 66.3 Å². The number of hydrogen-bond acceptors (Lipinski definition) is 7. The maximum atomic E-state index is 13.2. The minimum atomic E-state index is -0.253. The first kappa shape index (κ1) is 22.7. The van der Waals surface area contributed by atoms with E-state index >= 15 is 0 Å². The van der Waals surface area contributed by atoms with Crippen molar-refractivity contribution in [3.8, 4) is 22.9 Å². The van der Waals surface area contributed by atoms with Gasteiger partial charge in [-0.2, -0.15) is 0 Å². The Balaban J connectivity index is 1.38. The van der Waals surface area contributed by atoms with E-state index in [1.54, 1.807) is 0 Å². The molecule has 1 aromatic heterocycles. The molecule has 34 heavy (non-hydrogen) atoms. The molecule has 3 aromatic rings. The average molecular weight is 480 g/mol. The second-order valence-corrected chi connectivity index (χ2v) is 9.77. The van der Waals surface area contributed by atoms with Gasteiger partial charge in [0.05, 0.1) is 11.8 Å². The van der Waals surface area contributed by atoms with Crippen molar-refractivity contribution in [3.05, 3.63) is 54.1 Å². The van der Waals surface area contributed by atoms with Crippen LogP contribution in [0.15, 0.2) is 53.7 Å². The van der Waals surface area contributed by atoms with Crippen LogP contribution in [0.5, 0.6) is 11.5 Å². The summed E-state index contributed by atoms with van der Waals surface area (Å²) in [5.41, 5.74) is 2.04. The van der Waals surface area contributed by atoms with Crippen molar-refractivity contribution >= 4 is 17.7 Å². The fourth-order valence-electron chi connectivity index (χ4n) is 4.29. The van der Waals surface area contributed by atoms with E-state index in [1.165, 1.54) is 11.8 Å². The molecule has 3 heterocycles. The third-order valence-corrected chi connectivity index (χ3v) is 7.36. The molecule has 1 amide bonds. The molecule has 1 atom stereocenters. The largest absolute Gasteiger partial charge is 0.454 e. The lowest BCUT2D eigenvalue weighted by molar-refractivity contribution is -0.132. The number of aromatic nitrogens is 3. The Morgan fingerprint density at radius 1 is 1.03 bits per heavy atom. The third-order valence-electron chi connectivity index (χ3n) is 6.29. The first-order valence-electron chi connectivity index (χ1n) is 11.7. The van der Waals surface area contributed by atoms with Crippen LogP contribution in [0.3, 0.4) is 0 Å². The van der Waals surface area contributed by atoms with Gasteiger partial charge in [0, 0.05) is 31.7 Å². The Hall–Kier alpha value is -3.04. The number of piperazine rings is 1. The smallest absolute Gasteiger partial charge is 0.235 e. The molecular formula is C25H29N5O3S. The standard InChI is InChI=1S/C25H29N5O3S/c1-3-28-11-13-29(14-12-28)24(31)18(2)34-25-27-26-23(20-7-5-4-6-8-20)30(25)16-19-9-10-21-22(15-19)33-17-32-21/h4-10,15,18H,3,11-14,16-17H2,1-2H3. The van der Waals surface area contributed by atoms with Crippen LogP contribution >= 0.6 is 11.8 Å². The zero-order valence-electron chi connectivity index (χ0n) is 19.5. The van der Waals surface area contributed by atoms with Crippen LogP contribution < -0.4 is 9.47 Å². The molecule has 0 radical (unpaired) electrons. The lowest BCUT2D eigenvalue weighted by atomic mass is 10.2. The second kappa shape index (κ2) is 10.1. The molecule has 0 bridgehead atoms. The summed E-state index contributed by atoms with van der Waals surface area (Å²) >= 11 is 1.47. The average Bonchev–Trinajstić information content (AvgIpc) is 3.51. The number of rotatable bonds is 7. The Kier molecular flexibility index (Phi) is 6.73. The Morgan fingerprint density at radius 3 is 2.56 bits per heavy atom. The molecule has 5 rings (SSSR count). The molecule has 0 N–H and O–H groups in total. The van der Waals surface area contributed by atoms with Crippen molar-refractivity contribution in [1.29, 1.82) is 0 Å². The van der Waals surface area contributed by atoms with Crippen LogP contribution in [0.1, 0.15) is 19.4 Å². The van der Waals surface area contributed by atoms with E-state index in [2.05, 4.69) is 26.6 Å². The maximum Gasteiger partial charge on any atom is 0.235 e. The van der Waals surface area contributed by atoms with Crippen molar-refractivity contribution in [2.24, 2.45) is 0 Å². The van der Waals surface area contributed by atoms with E-state index in [0.29, 0.717) is 6.54 Å². The summed E-state index contributed by atoms with van der Waals surface area (Å²) in [6, 6.07) is 16.0. The van der Waals surface area contributed by atoms with E-state index in [1.807, 2.05) is 60.4 Å². The molecule has 0 saturated carbocycles. The van der Waals surface area contributed by atoms with Gasteiger partial charge in [0.1, 0.15) is 0 Å². The van der Waals surface area contributed by atoms with E-state index in [4.69, 9.17) is 9.47 Å². The number of ether oxygens (including phenoxy) is 2. The first-order chi connectivity index (χ1) is 16.6. The second-order valence-electron chi connectivity index (χ2n) is 8.47. The summed E-state index contributed by atoms with van der Waals surface area (Å²) in [7, 11) is 0. The van der Waals surface area contributed by atoms with Crippen molar-refractivity contribution < 1.29 is 14.3 Å². The van der Waals surface area contributed by atoms with Crippen molar-refractivity contribution in [2.75, 3.05) is 39.5 Å². The van der Waals surface area contributed by atoms with Crippen LogP contribution in [0.25, 0.3) is 11.4 Å². The fraction of sp³-hybridized carbons (Fsp3) is 0.400. The highest BCUT2D eigenvalue weighted by atomic mass is 32.2. The van der Waals surface area contributed by atoms with Crippen LogP contribution in [-0.4, -0.2) is 75.2 Å². The number of amides is 1. The lowest BCUT2D eigenvalue weighted by Gasteiger charge is -2.35. The minimum Gasteiger partial charge on any atom is -0.454 e. The molecule has 2 aliphatic rings. The number of carbonyl (C=O) groups excluding carboxylic acids is 1. The number of benzene rings is 2. The van der Waals surface area contributed by atoms with Crippen molar-refractivity contribution in [1.82, 2.24) is 24.6 Å². The van der Waals surface area contributed by atoms with Gasteiger partial charge >= 0.3 is 0 Å². The van der Waals surface area contributed by atoms with Crippen LogP contribution in [0.2, 0.25) is 0 Å². The zero-order valence-corrected chi connectivity index (χ0v) is 20.3. The zero-order chi connectivity index (χ0) is 23.5. The van der Waals surface area contributed by atoms with Gasteiger partial charge in [0.15, 0.2) is 22.5 Å². The summed E-state index contributed by atoms with van der Waals surface area (Å²) in [6.45, 7) is 9.36. The molecule has 9 heteroatoms. The summed E-state index contributed by atoms with van der Waals surface area (Å²) in [5, 5.41) is 9.47. The van der Waals surface area contributed by atoms with E-state index in [9.17, 15) is 4.79 Å². The fourth-order valence-corrected chi connectivity index (χ4v) is 5.22. The summed E-state index contributed by atoms with van der Waals surface area (Å²) in [6.07, 6.45) is 0. The summed E-state index contributed by atoms with van der Waals surface area (Å²) < 4.78 is 13.1. The van der Waals surface area contributed by atoms with Crippen LogP contribution in [0, 0.1) is 0 Å². The van der Waals surface area contributed by atoms with E-state index in [-0.39, 0.29) is 18.0 Å². The molecule has 178 valence electrons. The quantitative estimate of drug-likeness (QED) is 0.481. The number of hydrogen-bond donors (Lipinski definition) is 0. The minimum absolute atomic E-state index is 0.152. The van der Waals surface area contributed by atoms with Crippen molar-refractivity contribution in [3.63, 3.8) is 0 Å². The molecule has 2 aromatic carbocycles. The van der Waals surface area contributed by atoms with Gasteiger partial charge in [-0.1, -0.05) is 55.1 Å². The molecular weight excluding hydrogens is 450 g/mol. The van der Waals surface area contributed by atoms with Crippen LogP contribution in [0.4, 0.5) is 0 Å². The van der Waals surface area contributed by atoms with Gasteiger partial charge in [0.2, 0.25) is 12.7 Å². The topological polar surface area (TPSA) is 72.7 Å². The number of likely N-dealkylation sites (N-methyl/N-ethyl adjacent to an activating group) is 1. The predicted octanol–water partition coefficient (Wildman–Crippen LogP) is 3.37. The maximum absolute atomic E-state index is 13.2. The van der Waals surface area contributed by atoms with Gasteiger partial charge in [-0.25, -0.2) is 0 Å². The molecule has 1 fully saturated rings. The number of thioether (sulfide) groups is 1. The molecule has 2 aliphatic heterocycles. The number of fused-ring (bicyclic) bond motifs is 1. The molecule has 0 spiro atoms. The summed E-state index contributed by atoms with van der Waals surface area (Å²) in [4.78, 5) is 17.5. The highest BCUT2D eigenvalue weighted by Crippen LogP contribution is 2.34. The van der Waals surface area contributed by atoms with Gasteiger partial charge < -0.3 is 19.3 Å². The highest BCUT2D eigenvalue weighted by Gasteiger charge is 2.27. The number of nitrogens with zero attached hydrogens (tertiary/aromatic N) is 5. The monoisotopic (exact) mass is 479 g/mol. The Bertz CT molecular complexity index is 1140. The molecule has 1 saturated heterocycles. The lowest BCUT2D eigenvalue weighted by Crippen LogP contribution is -2.50. The van der Waals surface area contributed by atoms with Crippen molar-refractivity contribution in [2.45, 2.75) is 30.8 Å². The van der Waals surface area contributed by atoms with Gasteiger partial charge in [-0.15, -0.1) is 10.2 Å². The van der Waals surface area contributed by atoms with Gasteiger partial charge in [-0.05, 0) is 31.2 Å².